The van der Waals surface area contributed by atoms with E-state index in [0.717, 1.165) is 5.92 Å². The summed E-state index contributed by atoms with van der Waals surface area (Å²) >= 11 is 0. The molecule has 1 aliphatic rings. The molecule has 1 unspecified atom stereocenters. The lowest BCUT2D eigenvalue weighted by Crippen LogP contribution is -1.95. The number of allylic oxidation sites excluding steroid dienone is 4. The van der Waals surface area contributed by atoms with Crippen molar-refractivity contribution in [1.29, 1.82) is 0 Å². The minimum absolute atomic E-state index is 0.746. The first kappa shape index (κ1) is 9.57. The molecule has 0 N–H and O–H groups in total. The zero-order valence-electron chi connectivity index (χ0n) is 8.13. The fourth-order valence-electron chi connectivity index (χ4n) is 1.59. The van der Waals surface area contributed by atoms with Gasteiger partial charge in [0.15, 0.2) is 0 Å². The van der Waals surface area contributed by atoms with Gasteiger partial charge < -0.3 is 0 Å². The van der Waals surface area contributed by atoms with Crippen molar-refractivity contribution in [3.63, 3.8) is 0 Å². The Balaban J connectivity index is 2.15. The summed E-state index contributed by atoms with van der Waals surface area (Å²) in [5.74, 6) is 0.746. The molecule has 0 heteroatoms. The highest BCUT2D eigenvalue weighted by Crippen LogP contribution is 2.18. The van der Waals surface area contributed by atoms with E-state index in [9.17, 15) is 0 Å². The van der Waals surface area contributed by atoms with Gasteiger partial charge in [0.1, 0.15) is 0 Å². The van der Waals surface area contributed by atoms with E-state index in [1.165, 1.54) is 38.5 Å². The van der Waals surface area contributed by atoms with Crippen molar-refractivity contribution in [3.05, 3.63) is 24.3 Å². The minimum Gasteiger partial charge on any atom is -0.0879 e. The second-order valence-corrected chi connectivity index (χ2v) is 3.59. The van der Waals surface area contributed by atoms with Crippen LogP contribution in [0.3, 0.4) is 0 Å². The predicted octanol–water partition coefficient (Wildman–Crippen LogP) is 4.09. The molecule has 0 aromatic carbocycles. The van der Waals surface area contributed by atoms with E-state index in [0.29, 0.717) is 0 Å². The van der Waals surface area contributed by atoms with Crippen LogP contribution >= 0.6 is 0 Å². The fraction of sp³-hybridized carbons (Fsp3) is 0.667. The van der Waals surface area contributed by atoms with Crippen LogP contribution in [-0.4, -0.2) is 0 Å². The number of hydrogen-bond acceptors (Lipinski definition) is 0. The number of hydrogen-bond donors (Lipinski definition) is 0. The first-order valence-electron chi connectivity index (χ1n) is 5.27. The van der Waals surface area contributed by atoms with E-state index < -0.39 is 0 Å². The molecule has 0 amide bonds. The van der Waals surface area contributed by atoms with E-state index in [1.54, 1.807) is 0 Å². The molecule has 1 aliphatic carbocycles. The summed E-state index contributed by atoms with van der Waals surface area (Å²) in [6, 6.07) is 0. The fourth-order valence-corrected chi connectivity index (χ4v) is 1.59. The molecule has 0 aliphatic heterocycles. The molecule has 0 nitrogen and oxygen atoms in total. The number of unbranched alkanes of at least 4 members (excludes halogenated alkanes) is 2. The molecule has 0 saturated heterocycles. The summed E-state index contributed by atoms with van der Waals surface area (Å²) in [7, 11) is 0. The Labute approximate surface area is 76.4 Å². The molecule has 0 aromatic rings. The molecule has 0 bridgehead atoms. The first-order chi connectivity index (χ1) is 5.93. The molecule has 12 heavy (non-hydrogen) atoms. The molecule has 1 rings (SSSR count). The summed E-state index contributed by atoms with van der Waals surface area (Å²) in [6.45, 7) is 2.24. The van der Waals surface area contributed by atoms with Crippen molar-refractivity contribution in [2.24, 2.45) is 5.92 Å². The van der Waals surface area contributed by atoms with Gasteiger partial charge in [-0.3, -0.25) is 0 Å². The third-order valence-electron chi connectivity index (χ3n) is 2.40. The van der Waals surface area contributed by atoms with E-state index in [-0.39, 0.29) is 0 Å². The van der Waals surface area contributed by atoms with Crippen molar-refractivity contribution < 1.29 is 0 Å². The van der Waals surface area contributed by atoms with Crippen molar-refractivity contribution in [1.82, 2.24) is 0 Å². The standard InChI is InChI=1S/C12H20/c1-2-3-4-6-9-12-10-7-5-8-11-12/h6-7,9-10,12H,2-5,8,11H2,1H3/b9-6-. The molecule has 1 atom stereocenters. The Morgan fingerprint density at radius 2 is 2.42 bits per heavy atom. The van der Waals surface area contributed by atoms with Gasteiger partial charge in [0.05, 0.1) is 0 Å². The SMILES string of the molecule is CCCC/C=C\C1C=CCCC1. The second kappa shape index (κ2) is 6.05. The smallest absolute Gasteiger partial charge is 0.00534 e. The second-order valence-electron chi connectivity index (χ2n) is 3.59. The van der Waals surface area contributed by atoms with Crippen LogP contribution in [0.1, 0.15) is 45.4 Å². The van der Waals surface area contributed by atoms with E-state index in [2.05, 4.69) is 31.2 Å². The van der Waals surface area contributed by atoms with Gasteiger partial charge in [-0.05, 0) is 31.6 Å². The molecule has 68 valence electrons. The molecule has 0 radical (unpaired) electrons. The van der Waals surface area contributed by atoms with Gasteiger partial charge in [-0.25, -0.2) is 0 Å². The largest absolute Gasteiger partial charge is 0.0879 e. The Bertz CT molecular complexity index is 153. The van der Waals surface area contributed by atoms with E-state index in [4.69, 9.17) is 0 Å². The van der Waals surface area contributed by atoms with Crippen molar-refractivity contribution in [2.75, 3.05) is 0 Å². The third-order valence-corrected chi connectivity index (χ3v) is 2.40. The monoisotopic (exact) mass is 164 g/mol. The lowest BCUT2D eigenvalue weighted by atomic mass is 9.95. The van der Waals surface area contributed by atoms with Gasteiger partial charge in [0.2, 0.25) is 0 Å². The highest BCUT2D eigenvalue weighted by molar-refractivity contribution is 5.03. The highest BCUT2D eigenvalue weighted by atomic mass is 14.1. The normalized spacial score (nSPS) is 23.6. The van der Waals surface area contributed by atoms with Gasteiger partial charge in [0.25, 0.3) is 0 Å². The maximum atomic E-state index is 2.38. The van der Waals surface area contributed by atoms with Gasteiger partial charge in [-0.1, -0.05) is 44.1 Å². The van der Waals surface area contributed by atoms with Crippen molar-refractivity contribution in [2.45, 2.75) is 45.4 Å². The molecule has 0 saturated carbocycles. The van der Waals surface area contributed by atoms with Crippen LogP contribution in [0.15, 0.2) is 24.3 Å². The van der Waals surface area contributed by atoms with Gasteiger partial charge in [-0.2, -0.15) is 0 Å². The maximum Gasteiger partial charge on any atom is -0.00534 e. The average Bonchev–Trinajstić information content (AvgIpc) is 2.14. The third kappa shape index (κ3) is 3.75. The average molecular weight is 164 g/mol. The van der Waals surface area contributed by atoms with Crippen LogP contribution in [0.5, 0.6) is 0 Å². The lowest BCUT2D eigenvalue weighted by molar-refractivity contribution is 0.628. The maximum absolute atomic E-state index is 2.38. The molecule has 0 aromatic heterocycles. The molecule has 0 heterocycles. The van der Waals surface area contributed by atoms with Crippen LogP contribution in [-0.2, 0) is 0 Å². The van der Waals surface area contributed by atoms with Crippen LogP contribution in [0.25, 0.3) is 0 Å². The van der Waals surface area contributed by atoms with E-state index in [1.807, 2.05) is 0 Å². The molecule has 0 fully saturated rings. The highest BCUT2D eigenvalue weighted by Gasteiger charge is 2.02. The summed E-state index contributed by atoms with van der Waals surface area (Å²) < 4.78 is 0. The Kier molecular flexibility index (Phi) is 4.82. The topological polar surface area (TPSA) is 0 Å². The summed E-state index contributed by atoms with van der Waals surface area (Å²) in [4.78, 5) is 0. The molecular formula is C12H20. The minimum atomic E-state index is 0.746. The summed E-state index contributed by atoms with van der Waals surface area (Å²) in [5, 5.41) is 0. The summed E-state index contributed by atoms with van der Waals surface area (Å²) in [6.07, 6.45) is 17.3. The van der Waals surface area contributed by atoms with Gasteiger partial charge >= 0.3 is 0 Å². The van der Waals surface area contributed by atoms with Gasteiger partial charge in [0, 0.05) is 0 Å². The quantitative estimate of drug-likeness (QED) is 0.433. The molecular weight excluding hydrogens is 144 g/mol. The Morgan fingerprint density at radius 1 is 1.50 bits per heavy atom. The first-order valence-corrected chi connectivity index (χ1v) is 5.27. The lowest BCUT2D eigenvalue weighted by Gasteiger charge is -2.11. The van der Waals surface area contributed by atoms with Crippen molar-refractivity contribution >= 4 is 0 Å². The van der Waals surface area contributed by atoms with Crippen LogP contribution < -0.4 is 0 Å². The van der Waals surface area contributed by atoms with Crippen LogP contribution in [0.2, 0.25) is 0 Å². The van der Waals surface area contributed by atoms with Gasteiger partial charge in [-0.15, -0.1) is 0 Å². The van der Waals surface area contributed by atoms with Crippen LogP contribution in [0, 0.1) is 5.92 Å². The summed E-state index contributed by atoms with van der Waals surface area (Å²) in [5.41, 5.74) is 0. The zero-order chi connectivity index (χ0) is 8.65. The Morgan fingerprint density at radius 3 is 3.08 bits per heavy atom. The van der Waals surface area contributed by atoms with Crippen molar-refractivity contribution in [3.8, 4) is 0 Å². The van der Waals surface area contributed by atoms with E-state index >= 15 is 0 Å². The molecule has 0 spiro atoms. The predicted molar refractivity (Wildman–Crippen MR) is 55.1 cm³/mol. The Hall–Kier alpha value is -0.520. The number of rotatable bonds is 4. The zero-order valence-corrected chi connectivity index (χ0v) is 8.13. The van der Waals surface area contributed by atoms with Crippen LogP contribution in [0.4, 0.5) is 0 Å².